The van der Waals surface area contributed by atoms with Crippen LogP contribution in [-0.2, 0) is 0 Å². The summed E-state index contributed by atoms with van der Waals surface area (Å²) in [6.45, 7) is 12.8. The van der Waals surface area contributed by atoms with Gasteiger partial charge < -0.3 is 10.2 Å². The Balaban J connectivity index is 0.00000242. The van der Waals surface area contributed by atoms with Crippen LogP contribution in [0, 0.1) is 11.8 Å². The largest absolute Gasteiger partial charge is 0.355 e. The lowest BCUT2D eigenvalue weighted by molar-refractivity contribution is 0.222. The first kappa shape index (κ1) is 20.0. The number of likely N-dealkylation sites (tertiary alicyclic amines) is 2. The summed E-state index contributed by atoms with van der Waals surface area (Å²) in [4.78, 5) is 9.58. The molecule has 0 saturated carbocycles. The van der Waals surface area contributed by atoms with E-state index in [0.29, 0.717) is 6.04 Å². The van der Waals surface area contributed by atoms with E-state index in [1.54, 1.807) is 0 Å². The van der Waals surface area contributed by atoms with Crippen molar-refractivity contribution in [2.24, 2.45) is 16.8 Å². The smallest absolute Gasteiger partial charge is 0.193 e. The van der Waals surface area contributed by atoms with Crippen LogP contribution in [0.25, 0.3) is 0 Å². The van der Waals surface area contributed by atoms with Crippen LogP contribution in [0.5, 0.6) is 0 Å². The molecule has 1 atom stereocenters. The SMILES string of the molecule is CN=C(NC[C@H]1CCCN1CC(C)C)N1CCC(C)CC1.I. The molecule has 130 valence electrons. The third-order valence-electron chi connectivity index (χ3n) is 4.89. The normalized spacial score (nSPS) is 24.7. The lowest BCUT2D eigenvalue weighted by atomic mass is 9.99. The van der Waals surface area contributed by atoms with Crippen LogP contribution in [0.2, 0.25) is 0 Å². The highest BCUT2D eigenvalue weighted by Crippen LogP contribution is 2.19. The summed E-state index contributed by atoms with van der Waals surface area (Å²) in [5, 5.41) is 3.63. The average Bonchev–Trinajstić information content (AvgIpc) is 2.88. The standard InChI is InChI=1S/C17H34N4.HI/c1-14(2)13-21-9-5-6-16(21)12-19-17(18-4)20-10-7-15(3)8-11-20;/h14-16H,5-13H2,1-4H3,(H,18,19);1H/t16-;/m1./s1. The van der Waals surface area contributed by atoms with Gasteiger partial charge in [0.25, 0.3) is 0 Å². The molecule has 0 amide bonds. The molecule has 0 aliphatic carbocycles. The van der Waals surface area contributed by atoms with Gasteiger partial charge >= 0.3 is 0 Å². The van der Waals surface area contributed by atoms with Gasteiger partial charge in [0.15, 0.2) is 5.96 Å². The molecule has 0 aromatic heterocycles. The van der Waals surface area contributed by atoms with Crippen molar-refractivity contribution in [3.63, 3.8) is 0 Å². The van der Waals surface area contributed by atoms with Gasteiger partial charge in [0.1, 0.15) is 0 Å². The maximum Gasteiger partial charge on any atom is 0.193 e. The van der Waals surface area contributed by atoms with E-state index in [-0.39, 0.29) is 24.0 Å². The molecule has 0 bridgehead atoms. The Labute approximate surface area is 154 Å². The Morgan fingerprint density at radius 2 is 1.86 bits per heavy atom. The molecule has 5 heteroatoms. The van der Waals surface area contributed by atoms with E-state index in [1.807, 2.05) is 7.05 Å². The van der Waals surface area contributed by atoms with Gasteiger partial charge in [-0.1, -0.05) is 20.8 Å². The number of rotatable bonds is 4. The fourth-order valence-corrected chi connectivity index (χ4v) is 3.60. The van der Waals surface area contributed by atoms with Crippen molar-refractivity contribution in [2.45, 2.75) is 52.5 Å². The summed E-state index contributed by atoms with van der Waals surface area (Å²) in [5.74, 6) is 2.74. The molecule has 2 saturated heterocycles. The molecule has 2 aliphatic heterocycles. The van der Waals surface area contributed by atoms with E-state index in [2.05, 4.69) is 40.9 Å². The summed E-state index contributed by atoms with van der Waals surface area (Å²) in [6, 6.07) is 0.688. The minimum atomic E-state index is 0. The Morgan fingerprint density at radius 1 is 1.18 bits per heavy atom. The van der Waals surface area contributed by atoms with Crippen LogP contribution < -0.4 is 5.32 Å². The minimum absolute atomic E-state index is 0. The van der Waals surface area contributed by atoms with Gasteiger partial charge in [0, 0.05) is 39.3 Å². The fourth-order valence-electron chi connectivity index (χ4n) is 3.60. The molecule has 0 radical (unpaired) electrons. The Bertz CT molecular complexity index is 338. The first-order chi connectivity index (χ1) is 10.1. The molecule has 4 nitrogen and oxygen atoms in total. The zero-order chi connectivity index (χ0) is 15.2. The second-order valence-corrected chi connectivity index (χ2v) is 7.28. The quantitative estimate of drug-likeness (QED) is 0.429. The molecule has 22 heavy (non-hydrogen) atoms. The van der Waals surface area contributed by atoms with Crippen molar-refractivity contribution in [1.82, 2.24) is 15.1 Å². The van der Waals surface area contributed by atoms with Crippen LogP contribution in [0.1, 0.15) is 46.5 Å². The van der Waals surface area contributed by atoms with Crippen LogP contribution >= 0.6 is 24.0 Å². The summed E-state index contributed by atoms with van der Waals surface area (Å²) in [6.07, 6.45) is 5.26. The van der Waals surface area contributed by atoms with E-state index in [4.69, 9.17) is 0 Å². The maximum absolute atomic E-state index is 4.50. The fraction of sp³-hybridized carbons (Fsp3) is 0.941. The van der Waals surface area contributed by atoms with Gasteiger partial charge in [-0.25, -0.2) is 0 Å². The third kappa shape index (κ3) is 5.87. The van der Waals surface area contributed by atoms with Gasteiger partial charge in [-0.3, -0.25) is 9.89 Å². The zero-order valence-corrected chi connectivity index (χ0v) is 17.2. The molecule has 2 fully saturated rings. The zero-order valence-electron chi connectivity index (χ0n) is 14.8. The summed E-state index contributed by atoms with van der Waals surface area (Å²) >= 11 is 0. The van der Waals surface area contributed by atoms with Crippen LogP contribution in [0.4, 0.5) is 0 Å². The van der Waals surface area contributed by atoms with Crippen LogP contribution in [0.3, 0.4) is 0 Å². The van der Waals surface area contributed by atoms with E-state index < -0.39 is 0 Å². The van der Waals surface area contributed by atoms with Crippen molar-refractivity contribution in [1.29, 1.82) is 0 Å². The number of aliphatic imine (C=N–C) groups is 1. The molecule has 0 aromatic rings. The third-order valence-corrected chi connectivity index (χ3v) is 4.89. The van der Waals surface area contributed by atoms with Gasteiger partial charge in [-0.15, -0.1) is 24.0 Å². The molecular formula is C17H35IN4. The second-order valence-electron chi connectivity index (χ2n) is 7.28. The van der Waals surface area contributed by atoms with Crippen molar-refractivity contribution in [3.8, 4) is 0 Å². The molecule has 2 aliphatic rings. The lowest BCUT2D eigenvalue weighted by Crippen LogP contribution is -2.49. The second kappa shape index (κ2) is 9.96. The number of hydrogen-bond acceptors (Lipinski definition) is 2. The number of hydrogen-bond donors (Lipinski definition) is 1. The Hall–Kier alpha value is -0.0400. The van der Waals surface area contributed by atoms with Gasteiger partial charge in [-0.2, -0.15) is 0 Å². The summed E-state index contributed by atoms with van der Waals surface area (Å²) < 4.78 is 0. The number of nitrogens with one attached hydrogen (secondary N) is 1. The maximum atomic E-state index is 4.50. The molecule has 0 aromatic carbocycles. The first-order valence-electron chi connectivity index (χ1n) is 8.79. The lowest BCUT2D eigenvalue weighted by Gasteiger charge is -2.34. The first-order valence-corrected chi connectivity index (χ1v) is 8.79. The van der Waals surface area contributed by atoms with Crippen LogP contribution in [-0.4, -0.2) is 61.6 Å². The molecule has 1 N–H and O–H groups in total. The van der Waals surface area contributed by atoms with Gasteiger partial charge in [0.05, 0.1) is 0 Å². The molecular weight excluding hydrogens is 387 g/mol. The highest BCUT2D eigenvalue weighted by molar-refractivity contribution is 14.0. The van der Waals surface area contributed by atoms with Gasteiger partial charge in [-0.05, 0) is 44.1 Å². The average molecular weight is 422 g/mol. The van der Waals surface area contributed by atoms with Crippen LogP contribution in [0.15, 0.2) is 4.99 Å². The Morgan fingerprint density at radius 3 is 2.45 bits per heavy atom. The minimum Gasteiger partial charge on any atom is -0.355 e. The van der Waals surface area contributed by atoms with Crippen molar-refractivity contribution < 1.29 is 0 Å². The number of piperidine rings is 1. The number of guanidine groups is 1. The summed E-state index contributed by atoms with van der Waals surface area (Å²) in [7, 11) is 1.92. The predicted octanol–water partition coefficient (Wildman–Crippen LogP) is 3.03. The molecule has 2 heterocycles. The molecule has 2 rings (SSSR count). The van der Waals surface area contributed by atoms with E-state index >= 15 is 0 Å². The Kier molecular flexibility index (Phi) is 9.05. The topological polar surface area (TPSA) is 30.9 Å². The predicted molar refractivity (Wildman–Crippen MR) is 106 cm³/mol. The molecule has 0 spiro atoms. The summed E-state index contributed by atoms with van der Waals surface area (Å²) in [5.41, 5.74) is 0. The van der Waals surface area contributed by atoms with E-state index in [1.165, 1.54) is 38.8 Å². The molecule has 0 unspecified atom stereocenters. The van der Waals surface area contributed by atoms with Gasteiger partial charge in [0.2, 0.25) is 0 Å². The van der Waals surface area contributed by atoms with Crippen molar-refractivity contribution >= 4 is 29.9 Å². The monoisotopic (exact) mass is 422 g/mol. The van der Waals surface area contributed by atoms with Crippen molar-refractivity contribution in [3.05, 3.63) is 0 Å². The van der Waals surface area contributed by atoms with E-state index in [9.17, 15) is 0 Å². The highest BCUT2D eigenvalue weighted by atomic mass is 127. The van der Waals surface area contributed by atoms with E-state index in [0.717, 1.165) is 37.4 Å². The highest BCUT2D eigenvalue weighted by Gasteiger charge is 2.26. The number of nitrogens with zero attached hydrogens (tertiary/aromatic N) is 3. The van der Waals surface area contributed by atoms with Crippen molar-refractivity contribution in [2.75, 3.05) is 39.8 Å². The number of halogens is 1.